The van der Waals surface area contributed by atoms with Crippen LogP contribution in [-0.4, -0.2) is 27.7 Å². The second-order valence-electron chi connectivity index (χ2n) is 5.74. The summed E-state index contributed by atoms with van der Waals surface area (Å²) < 4.78 is 4.89. The largest absolute Gasteiger partial charge is 0.365 e. The number of carbonyl (C=O) groups is 2. The molecule has 0 radical (unpaired) electrons. The van der Waals surface area contributed by atoms with Gasteiger partial charge in [0.15, 0.2) is 5.82 Å². The summed E-state index contributed by atoms with van der Waals surface area (Å²) in [6, 6.07) is 9.52. The van der Waals surface area contributed by atoms with Crippen LogP contribution >= 0.6 is 23.1 Å². The predicted molar refractivity (Wildman–Crippen MR) is 107 cm³/mol. The van der Waals surface area contributed by atoms with Crippen LogP contribution in [0, 0.1) is 13.8 Å². The van der Waals surface area contributed by atoms with Crippen molar-refractivity contribution < 1.29 is 14.1 Å². The van der Waals surface area contributed by atoms with Gasteiger partial charge in [-0.2, -0.15) is 4.98 Å². The molecule has 2 amide bonds. The summed E-state index contributed by atoms with van der Waals surface area (Å²) >= 11 is 2.70. The van der Waals surface area contributed by atoms with Crippen molar-refractivity contribution in [1.82, 2.24) is 10.1 Å². The fraction of sp³-hybridized carbons (Fsp3) is 0.222. The van der Waals surface area contributed by atoms with Gasteiger partial charge in [-0.25, -0.2) is 0 Å². The molecule has 0 aliphatic carbocycles. The molecule has 2 aromatic heterocycles. The fourth-order valence-corrected chi connectivity index (χ4v) is 4.38. The smallest absolute Gasteiger partial charge is 0.252 e. The van der Waals surface area contributed by atoms with E-state index in [2.05, 4.69) is 15.5 Å². The van der Waals surface area contributed by atoms with Crippen molar-refractivity contribution in [2.24, 2.45) is 5.73 Å². The third-order valence-corrected chi connectivity index (χ3v) is 5.63. The van der Waals surface area contributed by atoms with Crippen molar-refractivity contribution in [2.45, 2.75) is 19.6 Å². The van der Waals surface area contributed by atoms with Crippen LogP contribution in [0.5, 0.6) is 0 Å². The molecule has 0 aliphatic rings. The van der Waals surface area contributed by atoms with E-state index < -0.39 is 5.91 Å². The lowest BCUT2D eigenvalue weighted by atomic mass is 10.0. The first-order valence-corrected chi connectivity index (χ1v) is 10.1. The molecule has 0 spiro atoms. The first kappa shape index (κ1) is 19.1. The number of nitrogens with two attached hydrogens (primary N) is 1. The summed E-state index contributed by atoms with van der Waals surface area (Å²) in [4.78, 5) is 29.4. The second-order valence-corrected chi connectivity index (χ2v) is 7.95. The van der Waals surface area contributed by atoms with E-state index in [1.165, 1.54) is 23.1 Å². The molecule has 0 saturated heterocycles. The normalized spacial score (nSPS) is 10.7. The van der Waals surface area contributed by atoms with Gasteiger partial charge >= 0.3 is 0 Å². The minimum Gasteiger partial charge on any atom is -0.365 e. The standard InChI is InChI=1S/C18H18N4O3S2/c1-10-15(12-6-4-3-5-7-12)16(17(19)24)18(27-10)21-14(23)9-26-8-13-20-11(2)25-22-13/h3-7H,8-9H2,1-2H3,(H2,19,24)(H,21,23). The Labute approximate surface area is 164 Å². The second kappa shape index (κ2) is 8.36. The minimum absolute atomic E-state index is 0.198. The molecular weight excluding hydrogens is 384 g/mol. The summed E-state index contributed by atoms with van der Waals surface area (Å²) in [5.41, 5.74) is 7.60. The van der Waals surface area contributed by atoms with Gasteiger partial charge in [-0.05, 0) is 12.5 Å². The number of aryl methyl sites for hydroxylation is 2. The lowest BCUT2D eigenvalue weighted by Gasteiger charge is -2.06. The van der Waals surface area contributed by atoms with Gasteiger partial charge in [0, 0.05) is 17.4 Å². The highest BCUT2D eigenvalue weighted by Gasteiger charge is 2.22. The maximum absolute atomic E-state index is 12.3. The maximum atomic E-state index is 12.3. The molecule has 0 bridgehead atoms. The summed E-state index contributed by atoms with van der Waals surface area (Å²) in [5, 5.41) is 7.06. The van der Waals surface area contributed by atoms with Gasteiger partial charge in [0.2, 0.25) is 11.8 Å². The Hall–Kier alpha value is -2.65. The van der Waals surface area contributed by atoms with Crippen LogP contribution in [0.15, 0.2) is 34.9 Å². The van der Waals surface area contributed by atoms with Gasteiger partial charge in [-0.3, -0.25) is 9.59 Å². The van der Waals surface area contributed by atoms with Gasteiger partial charge in [0.25, 0.3) is 5.91 Å². The SMILES string of the molecule is Cc1nc(CSCC(=O)Nc2sc(C)c(-c3ccccc3)c2C(N)=O)no1. The van der Waals surface area contributed by atoms with Crippen molar-refractivity contribution in [1.29, 1.82) is 0 Å². The Balaban J connectivity index is 1.72. The first-order chi connectivity index (χ1) is 13.0. The van der Waals surface area contributed by atoms with Crippen LogP contribution in [0.4, 0.5) is 5.00 Å². The van der Waals surface area contributed by atoms with Crippen LogP contribution in [0.1, 0.15) is 27.0 Å². The van der Waals surface area contributed by atoms with Crippen molar-refractivity contribution in [2.75, 3.05) is 11.1 Å². The fourth-order valence-electron chi connectivity index (χ4n) is 2.62. The Morgan fingerprint density at radius 1 is 1.26 bits per heavy atom. The molecule has 0 unspecified atom stereocenters. The monoisotopic (exact) mass is 402 g/mol. The summed E-state index contributed by atoms with van der Waals surface area (Å²) in [7, 11) is 0. The molecule has 0 fully saturated rings. The molecule has 27 heavy (non-hydrogen) atoms. The van der Waals surface area contributed by atoms with Crippen molar-refractivity contribution in [3.05, 3.63) is 52.5 Å². The average Bonchev–Trinajstić information content (AvgIpc) is 3.18. The first-order valence-electron chi connectivity index (χ1n) is 8.11. The molecule has 3 N–H and O–H groups in total. The number of rotatable bonds is 7. The van der Waals surface area contributed by atoms with E-state index in [4.69, 9.17) is 10.3 Å². The maximum Gasteiger partial charge on any atom is 0.252 e. The number of amides is 2. The van der Waals surface area contributed by atoms with E-state index in [0.717, 1.165) is 16.0 Å². The number of nitrogens with zero attached hydrogens (tertiary/aromatic N) is 2. The predicted octanol–water partition coefficient (Wildman–Crippen LogP) is 3.39. The Bertz CT molecular complexity index is 966. The Kier molecular flexibility index (Phi) is 5.92. The van der Waals surface area contributed by atoms with Crippen LogP contribution in [-0.2, 0) is 10.5 Å². The molecule has 0 saturated carbocycles. The van der Waals surface area contributed by atoms with Gasteiger partial charge in [-0.15, -0.1) is 23.1 Å². The summed E-state index contributed by atoms with van der Waals surface area (Å²) in [6.45, 7) is 3.62. The lowest BCUT2D eigenvalue weighted by Crippen LogP contribution is -2.18. The number of thioether (sulfide) groups is 1. The van der Waals surface area contributed by atoms with E-state index in [-0.39, 0.29) is 11.7 Å². The highest BCUT2D eigenvalue weighted by Crippen LogP contribution is 2.39. The molecule has 3 rings (SSSR count). The number of anilines is 1. The molecule has 2 heterocycles. The number of hydrogen-bond donors (Lipinski definition) is 2. The van der Waals surface area contributed by atoms with Gasteiger partial charge in [0.05, 0.1) is 17.1 Å². The molecule has 140 valence electrons. The van der Waals surface area contributed by atoms with Crippen LogP contribution < -0.4 is 11.1 Å². The van der Waals surface area contributed by atoms with Gasteiger partial charge in [-0.1, -0.05) is 35.5 Å². The van der Waals surface area contributed by atoms with Crippen LogP contribution in [0.2, 0.25) is 0 Å². The number of benzene rings is 1. The third kappa shape index (κ3) is 4.55. The highest BCUT2D eigenvalue weighted by atomic mass is 32.2. The molecule has 3 aromatic rings. The average molecular weight is 403 g/mol. The van der Waals surface area contributed by atoms with E-state index in [1.807, 2.05) is 37.3 Å². The molecule has 1 aromatic carbocycles. The molecule has 7 nitrogen and oxygen atoms in total. The number of nitrogens with one attached hydrogen (secondary N) is 1. The van der Waals surface area contributed by atoms with Crippen molar-refractivity contribution in [3.63, 3.8) is 0 Å². The number of primary amides is 1. The zero-order chi connectivity index (χ0) is 19.4. The van der Waals surface area contributed by atoms with Crippen molar-refractivity contribution in [3.8, 4) is 11.1 Å². The Morgan fingerprint density at radius 2 is 2.00 bits per heavy atom. The number of hydrogen-bond acceptors (Lipinski definition) is 7. The number of thiophene rings is 1. The lowest BCUT2D eigenvalue weighted by molar-refractivity contribution is -0.113. The topological polar surface area (TPSA) is 111 Å². The number of carbonyl (C=O) groups excluding carboxylic acids is 2. The van der Waals surface area contributed by atoms with Crippen LogP contribution in [0.3, 0.4) is 0 Å². The Morgan fingerprint density at radius 3 is 2.63 bits per heavy atom. The van der Waals surface area contributed by atoms with Crippen LogP contribution in [0.25, 0.3) is 11.1 Å². The third-order valence-electron chi connectivity index (χ3n) is 3.68. The van der Waals surface area contributed by atoms with E-state index in [0.29, 0.717) is 28.0 Å². The van der Waals surface area contributed by atoms with E-state index in [9.17, 15) is 9.59 Å². The molecule has 0 aliphatic heterocycles. The molecular formula is C18H18N4O3S2. The van der Waals surface area contributed by atoms with Gasteiger partial charge in [0.1, 0.15) is 5.00 Å². The molecule has 0 atom stereocenters. The zero-order valence-corrected chi connectivity index (χ0v) is 16.4. The van der Waals surface area contributed by atoms with Crippen molar-refractivity contribution >= 4 is 39.9 Å². The summed E-state index contributed by atoms with van der Waals surface area (Å²) in [6.07, 6.45) is 0. The zero-order valence-electron chi connectivity index (χ0n) is 14.8. The highest BCUT2D eigenvalue weighted by molar-refractivity contribution is 7.99. The van der Waals surface area contributed by atoms with E-state index >= 15 is 0 Å². The quantitative estimate of drug-likeness (QED) is 0.627. The minimum atomic E-state index is -0.566. The molecule has 9 heteroatoms. The number of aromatic nitrogens is 2. The summed E-state index contributed by atoms with van der Waals surface area (Å²) in [5.74, 6) is 0.910. The van der Waals surface area contributed by atoms with Gasteiger partial charge < -0.3 is 15.6 Å². The van der Waals surface area contributed by atoms with E-state index in [1.54, 1.807) is 6.92 Å².